The van der Waals surface area contributed by atoms with Crippen LogP contribution in [0.2, 0.25) is 0 Å². The van der Waals surface area contributed by atoms with E-state index in [9.17, 15) is 24.6 Å². The average Bonchev–Trinajstić information content (AvgIpc) is 2.95. The monoisotopic (exact) mass is 616 g/mol. The van der Waals surface area contributed by atoms with Gasteiger partial charge in [-0.25, -0.2) is 4.79 Å². The van der Waals surface area contributed by atoms with Crippen LogP contribution in [0.5, 0.6) is 5.75 Å². The number of carboxylic acids is 1. The van der Waals surface area contributed by atoms with E-state index < -0.39 is 41.9 Å². The highest BCUT2D eigenvalue weighted by atomic mass is 16.6. The molecule has 7 N–H and O–H groups in total. The van der Waals surface area contributed by atoms with E-state index in [2.05, 4.69) is 16.0 Å². The summed E-state index contributed by atoms with van der Waals surface area (Å²) in [5, 5.41) is 29.3. The molecule has 0 fully saturated rings. The van der Waals surface area contributed by atoms with Crippen molar-refractivity contribution in [3.8, 4) is 5.75 Å². The van der Waals surface area contributed by atoms with Gasteiger partial charge in [-0.2, -0.15) is 0 Å². The average molecular weight is 617 g/mol. The predicted molar refractivity (Wildman–Crippen MR) is 166 cm³/mol. The van der Waals surface area contributed by atoms with E-state index in [0.717, 1.165) is 11.1 Å². The fourth-order valence-electron chi connectivity index (χ4n) is 4.09. The highest BCUT2D eigenvalue weighted by Crippen LogP contribution is 2.15. The van der Waals surface area contributed by atoms with Crippen molar-refractivity contribution < 1.29 is 38.8 Å². The summed E-state index contributed by atoms with van der Waals surface area (Å²) in [5.74, 6) is -0.804. The molecule has 0 unspecified atom stereocenters. The van der Waals surface area contributed by atoms with Crippen LogP contribution in [0, 0.1) is 5.92 Å². The maximum absolute atomic E-state index is 12.5. The molecule has 2 aromatic carbocycles. The highest BCUT2D eigenvalue weighted by Gasteiger charge is 2.34. The Morgan fingerprint density at radius 3 is 2.18 bits per heavy atom. The van der Waals surface area contributed by atoms with Gasteiger partial charge in [-0.15, -0.1) is 0 Å². The molecule has 12 heteroatoms. The highest BCUT2D eigenvalue weighted by molar-refractivity contribution is 5.81. The summed E-state index contributed by atoms with van der Waals surface area (Å²) in [6.45, 7) is 10.4. The maximum Gasteiger partial charge on any atom is 0.407 e. The second-order valence-corrected chi connectivity index (χ2v) is 11.8. The lowest BCUT2D eigenvalue weighted by molar-refractivity contribution is -0.143. The van der Waals surface area contributed by atoms with Crippen LogP contribution in [-0.2, 0) is 32.0 Å². The maximum atomic E-state index is 12.5. The molecule has 2 aromatic rings. The number of benzene rings is 2. The van der Waals surface area contributed by atoms with Gasteiger partial charge in [0, 0.05) is 13.1 Å². The zero-order chi connectivity index (χ0) is 32.7. The molecule has 0 aliphatic carbocycles. The minimum Gasteiger partial charge on any atom is -0.491 e. The van der Waals surface area contributed by atoms with Crippen molar-refractivity contribution in [2.75, 3.05) is 26.4 Å². The van der Waals surface area contributed by atoms with Gasteiger partial charge in [0.25, 0.3) is 0 Å². The molecule has 44 heavy (non-hydrogen) atoms. The summed E-state index contributed by atoms with van der Waals surface area (Å²) in [6.07, 6.45) is -2.02. The van der Waals surface area contributed by atoms with Crippen LogP contribution < -0.4 is 26.4 Å². The first-order valence-electron chi connectivity index (χ1n) is 14.8. The Morgan fingerprint density at radius 2 is 1.59 bits per heavy atom. The molecule has 0 spiro atoms. The van der Waals surface area contributed by atoms with Crippen LogP contribution in [-0.4, -0.2) is 84.4 Å². The topological polar surface area (TPSA) is 181 Å². The van der Waals surface area contributed by atoms with Crippen LogP contribution in [0.3, 0.4) is 0 Å². The van der Waals surface area contributed by atoms with Crippen molar-refractivity contribution in [3.63, 3.8) is 0 Å². The number of rotatable bonds is 18. The standard InChI is InChI=1S/C32H48N4O8/c1-21(2)26(33)29(38)34-15-16-42-17-18-43-24-13-11-23(12-14-24)20-35-27(30(39)40)28(37)25(19-22-9-7-6-8-10-22)36-31(41)44-32(3,4)5/h6-14,21,25-28,35,37H,15-20,33H2,1-5H3,(H,34,38)(H,36,41)(H,39,40)/t25-,26-,27+,28+/m0/s1. The predicted octanol–water partition coefficient (Wildman–Crippen LogP) is 2.22. The number of nitrogens with two attached hydrogens (primary N) is 1. The number of aliphatic hydroxyl groups is 1. The van der Waals surface area contributed by atoms with Gasteiger partial charge < -0.3 is 40.8 Å². The van der Waals surface area contributed by atoms with Crippen molar-refractivity contribution in [3.05, 3.63) is 65.7 Å². The summed E-state index contributed by atoms with van der Waals surface area (Å²) in [6, 6.07) is 13.4. The van der Waals surface area contributed by atoms with E-state index in [-0.39, 0.29) is 24.8 Å². The Kier molecular flexibility index (Phi) is 15.1. The fourth-order valence-corrected chi connectivity index (χ4v) is 4.09. The molecule has 0 saturated carbocycles. The number of ether oxygens (including phenoxy) is 3. The summed E-state index contributed by atoms with van der Waals surface area (Å²) in [5.41, 5.74) is 6.61. The van der Waals surface area contributed by atoms with Gasteiger partial charge in [0.05, 0.1) is 25.3 Å². The van der Waals surface area contributed by atoms with Gasteiger partial charge in [-0.3, -0.25) is 14.9 Å². The summed E-state index contributed by atoms with van der Waals surface area (Å²) < 4.78 is 16.5. The SMILES string of the molecule is CC(C)[C@H](N)C(=O)NCCOCCOc1ccc(CN[C@@H](C(=O)O)[C@H](O)[C@H](Cc2ccccc2)NC(=O)OC(C)(C)C)cc1. The fraction of sp³-hybridized carbons (Fsp3) is 0.531. The molecule has 4 atom stereocenters. The van der Waals surface area contributed by atoms with Crippen LogP contribution in [0.1, 0.15) is 45.7 Å². The Balaban J connectivity index is 1.87. The lowest BCUT2D eigenvalue weighted by Gasteiger charge is -2.30. The summed E-state index contributed by atoms with van der Waals surface area (Å²) in [7, 11) is 0. The molecule has 0 saturated heterocycles. The Labute approximate surface area is 259 Å². The van der Waals surface area contributed by atoms with Crippen molar-refractivity contribution in [1.82, 2.24) is 16.0 Å². The number of carbonyl (C=O) groups excluding carboxylic acids is 2. The number of carbonyl (C=O) groups is 3. The molecule has 0 radical (unpaired) electrons. The minimum absolute atomic E-state index is 0.0575. The first-order chi connectivity index (χ1) is 20.8. The van der Waals surface area contributed by atoms with Gasteiger partial charge in [-0.05, 0) is 56.4 Å². The summed E-state index contributed by atoms with van der Waals surface area (Å²) in [4.78, 5) is 36.5. The molecule has 0 aromatic heterocycles. The van der Waals surface area contributed by atoms with Crippen molar-refractivity contribution in [2.45, 2.75) is 77.4 Å². The number of hydrogen-bond acceptors (Lipinski definition) is 9. The van der Waals surface area contributed by atoms with Gasteiger partial charge in [0.2, 0.25) is 5.91 Å². The molecular weight excluding hydrogens is 568 g/mol. The largest absolute Gasteiger partial charge is 0.491 e. The molecular formula is C32H48N4O8. The molecule has 2 rings (SSSR count). The number of carboxylic acid groups (broad SMARTS) is 1. The quantitative estimate of drug-likeness (QED) is 0.136. The van der Waals surface area contributed by atoms with Gasteiger partial charge >= 0.3 is 12.1 Å². The molecule has 0 aliphatic rings. The second kappa shape index (κ2) is 18.2. The number of nitrogens with one attached hydrogen (secondary N) is 3. The zero-order valence-electron chi connectivity index (χ0n) is 26.2. The third kappa shape index (κ3) is 13.7. The number of hydrogen-bond donors (Lipinski definition) is 6. The van der Waals surface area contributed by atoms with Crippen LogP contribution in [0.4, 0.5) is 4.79 Å². The Morgan fingerprint density at radius 1 is 0.932 bits per heavy atom. The smallest absolute Gasteiger partial charge is 0.407 e. The van der Waals surface area contributed by atoms with Gasteiger partial charge in [0.15, 0.2) is 0 Å². The van der Waals surface area contributed by atoms with E-state index in [1.54, 1.807) is 45.0 Å². The molecule has 0 bridgehead atoms. The number of aliphatic hydroxyl groups excluding tert-OH is 1. The molecule has 2 amide bonds. The third-order valence-electron chi connectivity index (χ3n) is 6.53. The van der Waals surface area contributed by atoms with Crippen LogP contribution in [0.15, 0.2) is 54.6 Å². The van der Waals surface area contributed by atoms with E-state index in [1.807, 2.05) is 44.2 Å². The Bertz CT molecular complexity index is 1160. The number of alkyl carbamates (subject to hydrolysis) is 1. The third-order valence-corrected chi connectivity index (χ3v) is 6.53. The van der Waals surface area contributed by atoms with Crippen molar-refractivity contribution in [2.24, 2.45) is 11.7 Å². The molecule has 12 nitrogen and oxygen atoms in total. The van der Waals surface area contributed by atoms with Crippen LogP contribution >= 0.6 is 0 Å². The van der Waals surface area contributed by atoms with E-state index >= 15 is 0 Å². The lowest BCUT2D eigenvalue weighted by atomic mass is 9.96. The molecule has 0 aliphatic heterocycles. The summed E-state index contributed by atoms with van der Waals surface area (Å²) >= 11 is 0. The second-order valence-electron chi connectivity index (χ2n) is 11.8. The first kappa shape index (κ1) is 36.5. The van der Waals surface area contributed by atoms with Crippen LogP contribution in [0.25, 0.3) is 0 Å². The number of amides is 2. The lowest BCUT2D eigenvalue weighted by Crippen LogP contribution is -2.57. The zero-order valence-corrected chi connectivity index (χ0v) is 26.2. The normalized spacial score (nSPS) is 14.3. The first-order valence-corrected chi connectivity index (χ1v) is 14.8. The van der Waals surface area contributed by atoms with Gasteiger partial charge in [-0.1, -0.05) is 56.3 Å². The number of aliphatic carboxylic acids is 1. The van der Waals surface area contributed by atoms with Crippen molar-refractivity contribution in [1.29, 1.82) is 0 Å². The molecule has 244 valence electrons. The van der Waals surface area contributed by atoms with E-state index in [4.69, 9.17) is 19.9 Å². The minimum atomic E-state index is -1.47. The van der Waals surface area contributed by atoms with Gasteiger partial charge in [0.1, 0.15) is 30.1 Å². The Hall–Kier alpha value is -3.71. The van der Waals surface area contributed by atoms with E-state index in [0.29, 0.717) is 32.1 Å². The van der Waals surface area contributed by atoms with E-state index in [1.165, 1.54) is 0 Å². The molecule has 0 heterocycles. The van der Waals surface area contributed by atoms with Crippen molar-refractivity contribution >= 4 is 18.0 Å².